The number of hydrogen-bond acceptors (Lipinski definition) is 16. The Morgan fingerprint density at radius 3 is 1.36 bits per heavy atom. The van der Waals surface area contributed by atoms with Crippen LogP contribution in [0.4, 0.5) is 21.5 Å². The third kappa shape index (κ3) is 17.4. The van der Waals surface area contributed by atoms with E-state index in [1.54, 1.807) is 34.6 Å². The highest BCUT2D eigenvalue weighted by molar-refractivity contribution is 5.93. The quantitative estimate of drug-likeness (QED) is 0.0628. The summed E-state index contributed by atoms with van der Waals surface area (Å²) in [7, 11) is 0. The fourth-order valence-corrected chi connectivity index (χ4v) is 11.1. The summed E-state index contributed by atoms with van der Waals surface area (Å²) in [5.41, 5.74) is 6.27. The molecule has 0 unspecified atom stereocenters. The number of aliphatic hydroxyl groups excluding tert-OH is 2. The van der Waals surface area contributed by atoms with Crippen molar-refractivity contribution < 1.29 is 38.7 Å². The Morgan fingerprint density at radius 2 is 0.966 bits per heavy atom. The number of aromatic nitrogens is 6. The minimum Gasteiger partial charge on any atom is -0.444 e. The van der Waals surface area contributed by atoms with Gasteiger partial charge in [0, 0.05) is 73.8 Å². The molecule has 2 aliphatic heterocycles. The van der Waals surface area contributed by atoms with E-state index in [4.69, 9.17) is 28.9 Å². The van der Waals surface area contributed by atoms with Crippen molar-refractivity contribution >= 4 is 45.6 Å². The summed E-state index contributed by atoms with van der Waals surface area (Å²) < 4.78 is 24.3. The van der Waals surface area contributed by atoms with Crippen molar-refractivity contribution in [1.82, 2.24) is 39.7 Å². The molecule has 4 atom stereocenters. The zero-order chi connectivity index (χ0) is 62.5. The number of nitrogens with one attached hydrogen (secondary N) is 2. The SMILES string of the molecule is Cc1ccc2c(CCC[C@@H](C)O)cccc2c1Oc1ncccc1-c1ccnc(N[C@H]2CCCN(C(=O)OC(C)(C)C)C2)n1.Cc1ccc2c(CCC[C@H](C)O)cccc2c1Oc1ncccc1-c1ccnc(N[C@H]2CCCN(C(=O)OC(C)(C)C)C2)n1. The number of aliphatic hydroxyl groups is 2. The third-order valence-electron chi connectivity index (χ3n) is 15.3. The molecule has 18 heteroatoms. The number of benzene rings is 4. The zero-order valence-corrected chi connectivity index (χ0v) is 52.7. The second-order valence-electron chi connectivity index (χ2n) is 25.2. The second-order valence-corrected chi connectivity index (χ2v) is 25.2. The molecule has 2 saturated heterocycles. The van der Waals surface area contributed by atoms with E-state index in [0.29, 0.717) is 61.2 Å². The van der Waals surface area contributed by atoms with Crippen LogP contribution < -0.4 is 20.1 Å². The fraction of sp³-hybridized carbons (Fsp3) is 0.429. The molecular formula is C70H86N10O8. The molecular weight excluding hydrogens is 1110 g/mol. The van der Waals surface area contributed by atoms with Gasteiger partial charge in [0.1, 0.15) is 22.7 Å². The number of amides is 2. The van der Waals surface area contributed by atoms with Crippen LogP contribution in [0, 0.1) is 13.8 Å². The maximum Gasteiger partial charge on any atom is 0.410 e. The van der Waals surface area contributed by atoms with Crippen LogP contribution in [-0.4, -0.2) is 124 Å². The molecule has 4 N–H and O–H groups in total. The van der Waals surface area contributed by atoms with Gasteiger partial charge in [-0.25, -0.2) is 39.5 Å². The number of carbonyl (C=O) groups excluding carboxylic acids is 2. The van der Waals surface area contributed by atoms with Crippen LogP contribution in [-0.2, 0) is 22.3 Å². The first kappa shape index (κ1) is 64.0. The van der Waals surface area contributed by atoms with E-state index >= 15 is 0 Å². The number of aryl methyl sites for hydroxylation is 4. The molecule has 0 spiro atoms. The summed E-state index contributed by atoms with van der Waals surface area (Å²) in [6.07, 6.45) is 14.3. The Kier molecular flexibility index (Phi) is 21.1. The van der Waals surface area contributed by atoms with Crippen molar-refractivity contribution in [1.29, 1.82) is 0 Å². The molecule has 8 aromatic rings. The lowest BCUT2D eigenvalue weighted by Gasteiger charge is -2.34. The lowest BCUT2D eigenvalue weighted by Crippen LogP contribution is -2.47. The van der Waals surface area contributed by atoms with Gasteiger partial charge in [-0.2, -0.15) is 0 Å². The van der Waals surface area contributed by atoms with E-state index in [-0.39, 0.29) is 36.5 Å². The van der Waals surface area contributed by atoms with Gasteiger partial charge in [-0.3, -0.25) is 0 Å². The number of pyridine rings is 2. The topological polar surface area (TPSA) is 219 Å². The first-order valence-corrected chi connectivity index (χ1v) is 30.9. The van der Waals surface area contributed by atoms with E-state index in [1.807, 2.05) is 106 Å². The van der Waals surface area contributed by atoms with Crippen molar-refractivity contribution in [3.8, 4) is 45.8 Å². The van der Waals surface area contributed by atoms with Gasteiger partial charge in [0.2, 0.25) is 23.7 Å². The first-order chi connectivity index (χ1) is 42.1. The standard InChI is InChI=1S/2C35H43N5O4/c2*1-23-16-17-27-25(11-6-10-24(2)41)12-7-14-28(27)31(23)43-32-29(15-8-19-36-32)30-18-20-37-33(39-30)38-26-13-9-21-40(22-26)34(42)44-35(3,4)5/h2*7-8,12,14-20,24,26,41H,6,9-11,13,21-22H2,1-5H3,(H,37,38,39)/t24-,26+;24-,26-/m10/s1. The number of nitrogens with zero attached hydrogens (tertiary/aromatic N) is 8. The summed E-state index contributed by atoms with van der Waals surface area (Å²) >= 11 is 0. The van der Waals surface area contributed by atoms with Crippen LogP contribution in [0.25, 0.3) is 44.1 Å². The van der Waals surface area contributed by atoms with Crippen molar-refractivity contribution in [2.45, 2.75) is 169 Å². The number of fused-ring (bicyclic) bond motifs is 2. The highest BCUT2D eigenvalue weighted by atomic mass is 16.6. The molecule has 18 nitrogen and oxygen atoms in total. The van der Waals surface area contributed by atoms with Crippen molar-refractivity contribution in [3.05, 3.63) is 144 Å². The van der Waals surface area contributed by atoms with Crippen molar-refractivity contribution in [3.63, 3.8) is 0 Å². The Balaban J connectivity index is 0.000000209. The van der Waals surface area contributed by atoms with E-state index in [9.17, 15) is 19.8 Å². The predicted octanol–water partition coefficient (Wildman–Crippen LogP) is 14.6. The molecule has 0 saturated carbocycles. The number of likely N-dealkylation sites (tertiary alicyclic amines) is 2. The number of anilines is 2. The molecule has 10 rings (SSSR count). The van der Waals surface area contributed by atoms with Gasteiger partial charge in [0.15, 0.2) is 0 Å². The maximum atomic E-state index is 12.6. The summed E-state index contributed by atoms with van der Waals surface area (Å²) in [6, 6.07) is 32.3. The van der Waals surface area contributed by atoms with Gasteiger partial charge < -0.3 is 49.6 Å². The number of hydrogen-bond donors (Lipinski definition) is 4. The zero-order valence-electron chi connectivity index (χ0n) is 52.7. The lowest BCUT2D eigenvalue weighted by atomic mass is 9.97. The number of rotatable bonds is 18. The molecule has 2 amide bonds. The molecule has 4 aromatic carbocycles. The maximum absolute atomic E-state index is 12.6. The highest BCUT2D eigenvalue weighted by Gasteiger charge is 2.30. The second kappa shape index (κ2) is 29.0. The number of piperidine rings is 2. The summed E-state index contributed by atoms with van der Waals surface area (Å²) in [5, 5.41) is 30.6. The molecule has 4 aromatic heterocycles. The van der Waals surface area contributed by atoms with Crippen molar-refractivity contribution in [2.24, 2.45) is 0 Å². The molecule has 0 bridgehead atoms. The molecule has 464 valence electrons. The van der Waals surface area contributed by atoms with E-state index in [2.05, 4.69) is 91.2 Å². The minimum atomic E-state index is -0.537. The van der Waals surface area contributed by atoms with E-state index in [1.165, 1.54) is 11.1 Å². The fourth-order valence-electron chi connectivity index (χ4n) is 11.1. The van der Waals surface area contributed by atoms with Gasteiger partial charge in [-0.15, -0.1) is 0 Å². The largest absolute Gasteiger partial charge is 0.444 e. The Bertz CT molecular complexity index is 3440. The molecule has 6 heterocycles. The van der Waals surface area contributed by atoms with Gasteiger partial charge >= 0.3 is 12.2 Å². The Hall–Kier alpha value is -8.48. The van der Waals surface area contributed by atoms with Crippen LogP contribution in [0.3, 0.4) is 0 Å². The lowest BCUT2D eigenvalue weighted by molar-refractivity contribution is 0.0196. The molecule has 0 aliphatic carbocycles. The minimum absolute atomic E-state index is 0.00394. The molecule has 2 fully saturated rings. The van der Waals surface area contributed by atoms with Gasteiger partial charge in [-0.1, -0.05) is 60.7 Å². The monoisotopic (exact) mass is 1190 g/mol. The van der Waals surface area contributed by atoms with Gasteiger partial charge in [-0.05, 0) is 203 Å². The molecule has 88 heavy (non-hydrogen) atoms. The van der Waals surface area contributed by atoms with Crippen LogP contribution in [0.15, 0.2) is 122 Å². The predicted molar refractivity (Wildman–Crippen MR) is 346 cm³/mol. The van der Waals surface area contributed by atoms with Crippen LogP contribution in [0.5, 0.6) is 23.3 Å². The van der Waals surface area contributed by atoms with Crippen molar-refractivity contribution in [2.75, 3.05) is 36.8 Å². The average molecular weight is 1200 g/mol. The Morgan fingerprint density at radius 1 is 0.545 bits per heavy atom. The molecule has 0 radical (unpaired) electrons. The normalized spacial score (nSPS) is 16.0. The summed E-state index contributed by atoms with van der Waals surface area (Å²) in [6.45, 7) is 21.4. The Labute approximate surface area is 517 Å². The van der Waals surface area contributed by atoms with Gasteiger partial charge in [0.25, 0.3) is 0 Å². The van der Waals surface area contributed by atoms with E-state index < -0.39 is 11.2 Å². The number of ether oxygens (including phenoxy) is 4. The van der Waals surface area contributed by atoms with Crippen LogP contribution in [0.1, 0.15) is 129 Å². The van der Waals surface area contributed by atoms with Crippen LogP contribution >= 0.6 is 0 Å². The van der Waals surface area contributed by atoms with Crippen LogP contribution in [0.2, 0.25) is 0 Å². The third-order valence-corrected chi connectivity index (χ3v) is 15.3. The van der Waals surface area contributed by atoms with Gasteiger partial charge in [0.05, 0.1) is 34.7 Å². The first-order valence-electron chi connectivity index (χ1n) is 30.9. The number of carbonyl (C=O) groups is 2. The highest BCUT2D eigenvalue weighted by Crippen LogP contribution is 2.40. The van der Waals surface area contributed by atoms with E-state index in [0.717, 1.165) is 120 Å². The smallest absolute Gasteiger partial charge is 0.410 e. The average Bonchev–Trinajstić information content (AvgIpc) is 1.06. The summed E-state index contributed by atoms with van der Waals surface area (Å²) in [5.74, 6) is 3.41. The molecule has 2 aliphatic rings. The summed E-state index contributed by atoms with van der Waals surface area (Å²) in [4.78, 5) is 56.6.